The van der Waals surface area contributed by atoms with E-state index in [1.807, 2.05) is 24.3 Å². The van der Waals surface area contributed by atoms with Crippen molar-refractivity contribution in [2.45, 2.75) is 20.1 Å². The fourth-order valence-electron chi connectivity index (χ4n) is 2.47. The fraction of sp³-hybridized carbons (Fsp3) is 0.211. The second-order valence-corrected chi connectivity index (χ2v) is 6.17. The van der Waals surface area contributed by atoms with Crippen LogP contribution in [0.3, 0.4) is 0 Å². The van der Waals surface area contributed by atoms with Crippen LogP contribution >= 0.6 is 11.6 Å². The minimum atomic E-state index is -0.162. The van der Waals surface area contributed by atoms with E-state index in [0.29, 0.717) is 34.6 Å². The van der Waals surface area contributed by atoms with Crippen LogP contribution in [-0.4, -0.2) is 28.0 Å². The van der Waals surface area contributed by atoms with Gasteiger partial charge in [-0.3, -0.25) is 4.79 Å². The van der Waals surface area contributed by atoms with Gasteiger partial charge in [0.2, 0.25) is 11.7 Å². The van der Waals surface area contributed by atoms with E-state index in [1.54, 1.807) is 43.1 Å². The molecule has 2 aromatic carbocycles. The highest BCUT2D eigenvalue weighted by molar-refractivity contribution is 6.31. The number of carbonyl (C=O) groups is 1. The second-order valence-electron chi connectivity index (χ2n) is 5.77. The van der Waals surface area contributed by atoms with Gasteiger partial charge in [0.15, 0.2) is 6.61 Å². The first-order chi connectivity index (χ1) is 12.5. The number of hydrogen-bond donors (Lipinski definition) is 0. The van der Waals surface area contributed by atoms with Crippen molar-refractivity contribution in [3.63, 3.8) is 0 Å². The summed E-state index contributed by atoms with van der Waals surface area (Å²) in [4.78, 5) is 18.5. The van der Waals surface area contributed by atoms with Gasteiger partial charge in [-0.05, 0) is 23.8 Å². The van der Waals surface area contributed by atoms with Gasteiger partial charge in [-0.15, -0.1) is 0 Å². The summed E-state index contributed by atoms with van der Waals surface area (Å²) in [5.41, 5.74) is 1.34. The minimum Gasteiger partial charge on any atom is -0.485 e. The maximum absolute atomic E-state index is 12.8. The van der Waals surface area contributed by atoms with Crippen molar-refractivity contribution >= 4 is 17.5 Å². The lowest BCUT2D eigenvalue weighted by atomic mass is 10.1. The van der Waals surface area contributed by atoms with E-state index in [0.717, 1.165) is 5.56 Å². The Bertz CT molecular complexity index is 910. The summed E-state index contributed by atoms with van der Waals surface area (Å²) in [7, 11) is 1.73. The average molecular weight is 372 g/mol. The van der Waals surface area contributed by atoms with Gasteiger partial charge in [0.05, 0.1) is 5.56 Å². The van der Waals surface area contributed by atoms with Gasteiger partial charge in [0.25, 0.3) is 5.91 Å². The highest BCUT2D eigenvalue weighted by atomic mass is 35.5. The lowest BCUT2D eigenvalue weighted by Crippen LogP contribution is -2.26. The summed E-state index contributed by atoms with van der Waals surface area (Å²) in [6, 6.07) is 14.5. The second kappa shape index (κ2) is 8.01. The van der Waals surface area contributed by atoms with Gasteiger partial charge < -0.3 is 14.2 Å². The number of hydrogen-bond acceptors (Lipinski definition) is 5. The number of para-hydroxylation sites is 1. The molecule has 3 rings (SSSR count). The number of nitrogens with zero attached hydrogens (tertiary/aromatic N) is 3. The van der Waals surface area contributed by atoms with Crippen molar-refractivity contribution in [1.82, 2.24) is 15.0 Å². The first kappa shape index (κ1) is 17.9. The molecule has 0 saturated carbocycles. The maximum atomic E-state index is 12.8. The summed E-state index contributed by atoms with van der Waals surface area (Å²) in [6.07, 6.45) is 0. The molecule has 1 aromatic heterocycles. The van der Waals surface area contributed by atoms with Crippen molar-refractivity contribution in [3.8, 4) is 5.75 Å². The van der Waals surface area contributed by atoms with Gasteiger partial charge in [-0.1, -0.05) is 47.1 Å². The zero-order valence-electron chi connectivity index (χ0n) is 14.5. The van der Waals surface area contributed by atoms with Gasteiger partial charge in [-0.2, -0.15) is 4.98 Å². The van der Waals surface area contributed by atoms with Crippen LogP contribution < -0.4 is 4.74 Å². The first-order valence-corrected chi connectivity index (χ1v) is 8.42. The number of aryl methyl sites for hydroxylation is 1. The highest BCUT2D eigenvalue weighted by Gasteiger charge is 2.18. The highest BCUT2D eigenvalue weighted by Crippen LogP contribution is 2.22. The van der Waals surface area contributed by atoms with E-state index in [2.05, 4.69) is 10.1 Å². The Morgan fingerprint density at radius 1 is 1.19 bits per heavy atom. The number of ether oxygens (including phenoxy) is 1. The van der Waals surface area contributed by atoms with Crippen molar-refractivity contribution in [2.75, 3.05) is 7.05 Å². The van der Waals surface area contributed by atoms with Crippen LogP contribution in [0.4, 0.5) is 0 Å². The molecule has 0 aliphatic rings. The zero-order chi connectivity index (χ0) is 18.5. The molecule has 0 atom stereocenters. The first-order valence-electron chi connectivity index (χ1n) is 8.04. The lowest BCUT2D eigenvalue weighted by molar-refractivity contribution is 0.0780. The number of aromatic nitrogens is 2. The lowest BCUT2D eigenvalue weighted by Gasteiger charge is -2.19. The molecule has 7 heteroatoms. The molecule has 6 nitrogen and oxygen atoms in total. The predicted molar refractivity (Wildman–Crippen MR) is 97.1 cm³/mol. The van der Waals surface area contributed by atoms with E-state index >= 15 is 0 Å². The molecule has 0 bridgehead atoms. The smallest absolute Gasteiger partial charge is 0.257 e. The molecule has 0 unspecified atom stereocenters. The number of halogens is 1. The summed E-state index contributed by atoms with van der Waals surface area (Å²) in [6.45, 7) is 2.23. The summed E-state index contributed by atoms with van der Waals surface area (Å²) in [5.74, 6) is 1.19. The molecule has 0 spiro atoms. The molecular weight excluding hydrogens is 354 g/mol. The van der Waals surface area contributed by atoms with E-state index < -0.39 is 0 Å². The molecule has 0 radical (unpaired) electrons. The van der Waals surface area contributed by atoms with Crippen LogP contribution in [0.1, 0.15) is 27.6 Å². The largest absolute Gasteiger partial charge is 0.485 e. The van der Waals surface area contributed by atoms with Crippen LogP contribution in [0.5, 0.6) is 5.75 Å². The van der Waals surface area contributed by atoms with E-state index in [4.69, 9.17) is 20.9 Å². The summed E-state index contributed by atoms with van der Waals surface area (Å²) in [5, 5.41) is 4.41. The number of rotatable bonds is 6. The third kappa shape index (κ3) is 4.21. The Morgan fingerprint density at radius 2 is 1.92 bits per heavy atom. The number of benzene rings is 2. The summed E-state index contributed by atoms with van der Waals surface area (Å²) >= 11 is 6.18. The standard InChI is InChI=1S/C19H18ClN3O3/c1-13-21-18(22-26-13)12-25-17-10-6-4-8-15(17)19(24)23(2)11-14-7-3-5-9-16(14)20/h3-10H,11-12H2,1-2H3. The third-order valence-corrected chi connectivity index (χ3v) is 4.12. The molecule has 134 valence electrons. The van der Waals surface area contributed by atoms with Crippen LogP contribution in [0, 0.1) is 6.92 Å². The van der Waals surface area contributed by atoms with Gasteiger partial charge in [-0.25, -0.2) is 0 Å². The van der Waals surface area contributed by atoms with E-state index in [-0.39, 0.29) is 12.5 Å². The molecular formula is C19H18ClN3O3. The quantitative estimate of drug-likeness (QED) is 0.657. The molecule has 1 heterocycles. The Hall–Kier alpha value is -2.86. The normalized spacial score (nSPS) is 10.6. The van der Waals surface area contributed by atoms with Crippen molar-refractivity contribution in [1.29, 1.82) is 0 Å². The third-order valence-electron chi connectivity index (χ3n) is 3.76. The predicted octanol–water partition coefficient (Wildman–Crippen LogP) is 3.88. The SMILES string of the molecule is Cc1nc(COc2ccccc2C(=O)N(C)Cc2ccccc2Cl)no1. The molecule has 1 amide bonds. The Labute approximate surface area is 156 Å². The van der Waals surface area contributed by atoms with Gasteiger partial charge >= 0.3 is 0 Å². The van der Waals surface area contributed by atoms with Gasteiger partial charge in [0, 0.05) is 25.5 Å². The van der Waals surface area contributed by atoms with Gasteiger partial charge in [0.1, 0.15) is 5.75 Å². The van der Waals surface area contributed by atoms with E-state index in [1.165, 1.54) is 0 Å². The molecule has 26 heavy (non-hydrogen) atoms. The summed E-state index contributed by atoms with van der Waals surface area (Å²) < 4.78 is 10.6. The van der Waals surface area contributed by atoms with E-state index in [9.17, 15) is 4.79 Å². The van der Waals surface area contributed by atoms with Crippen molar-refractivity contribution in [2.24, 2.45) is 0 Å². The van der Waals surface area contributed by atoms with Crippen LogP contribution in [0.25, 0.3) is 0 Å². The molecule has 0 aliphatic carbocycles. The van der Waals surface area contributed by atoms with Crippen LogP contribution in [0.15, 0.2) is 53.1 Å². The maximum Gasteiger partial charge on any atom is 0.257 e. The van der Waals surface area contributed by atoms with Crippen molar-refractivity contribution in [3.05, 3.63) is 76.4 Å². The molecule has 0 fully saturated rings. The monoisotopic (exact) mass is 371 g/mol. The zero-order valence-corrected chi connectivity index (χ0v) is 15.2. The number of amides is 1. The van der Waals surface area contributed by atoms with Crippen LogP contribution in [0.2, 0.25) is 5.02 Å². The minimum absolute atomic E-state index is 0.121. The Balaban J connectivity index is 1.73. The average Bonchev–Trinajstić information content (AvgIpc) is 3.07. The fourth-order valence-corrected chi connectivity index (χ4v) is 2.67. The molecule has 0 saturated heterocycles. The Kier molecular flexibility index (Phi) is 5.53. The number of carbonyl (C=O) groups excluding carboxylic acids is 1. The van der Waals surface area contributed by atoms with Crippen molar-refractivity contribution < 1.29 is 14.1 Å². The molecule has 3 aromatic rings. The Morgan fingerprint density at radius 3 is 2.65 bits per heavy atom. The topological polar surface area (TPSA) is 68.5 Å². The molecule has 0 N–H and O–H groups in total. The molecule has 0 aliphatic heterocycles. The van der Waals surface area contributed by atoms with Crippen LogP contribution in [-0.2, 0) is 13.2 Å².